The third-order valence-corrected chi connectivity index (χ3v) is 1.54. The summed E-state index contributed by atoms with van der Waals surface area (Å²) in [5, 5.41) is 2.53. The first-order valence-electron chi connectivity index (χ1n) is 1.61. The van der Waals surface area contributed by atoms with Crippen molar-refractivity contribution in [2.75, 3.05) is 0 Å². The third-order valence-electron chi connectivity index (χ3n) is 0.522. The molecule has 37 valence electrons. The minimum atomic E-state index is -0.383. The highest BCUT2D eigenvalue weighted by atomic mass is 35.5. The number of hydrogen-bond donors (Lipinski definition) is 0. The van der Waals surface area contributed by atoms with Crippen LogP contribution in [-0.2, 0) is 0 Å². The molecular weight excluding hydrogens is 135 g/mol. The van der Waals surface area contributed by atoms with E-state index in [1.807, 2.05) is 0 Å². The fourth-order valence-corrected chi connectivity index (χ4v) is 0.849. The van der Waals surface area contributed by atoms with E-state index in [9.17, 15) is 4.39 Å². The molecule has 0 fully saturated rings. The van der Waals surface area contributed by atoms with E-state index in [1.165, 1.54) is 6.07 Å². The zero-order valence-corrected chi connectivity index (χ0v) is 4.81. The summed E-state index contributed by atoms with van der Waals surface area (Å²) in [5.74, 6) is -0.383. The monoisotopic (exact) mass is 135 g/mol. The molecule has 0 nitrogen and oxygen atoms in total. The second-order valence-corrected chi connectivity index (χ2v) is 2.44. The van der Waals surface area contributed by atoms with Crippen molar-refractivity contribution in [2.24, 2.45) is 0 Å². The van der Waals surface area contributed by atoms with Gasteiger partial charge in [0.15, 0.2) is 5.82 Å². The molecule has 0 aliphatic heterocycles. The van der Waals surface area contributed by atoms with Crippen LogP contribution in [0, 0.1) is 11.2 Å². The first-order chi connectivity index (χ1) is 3.30. The number of hydrogen-bond acceptors (Lipinski definition) is 1. The van der Waals surface area contributed by atoms with Crippen molar-refractivity contribution >= 4 is 22.9 Å². The van der Waals surface area contributed by atoms with Crippen LogP contribution in [0.5, 0.6) is 0 Å². The summed E-state index contributed by atoms with van der Waals surface area (Å²) >= 11 is 6.31. The number of thiophene rings is 1. The highest BCUT2D eigenvalue weighted by molar-refractivity contribution is 7.13. The Morgan fingerprint density at radius 2 is 2.57 bits per heavy atom. The van der Waals surface area contributed by atoms with Crippen LogP contribution in [0.3, 0.4) is 0 Å². The highest BCUT2D eigenvalue weighted by Gasteiger charge is 1.95. The Bertz CT molecular complexity index is 144. The van der Waals surface area contributed by atoms with Crippen molar-refractivity contribution in [1.82, 2.24) is 0 Å². The van der Waals surface area contributed by atoms with E-state index in [2.05, 4.69) is 5.38 Å². The van der Waals surface area contributed by atoms with Crippen molar-refractivity contribution in [1.29, 1.82) is 0 Å². The van der Waals surface area contributed by atoms with Crippen LogP contribution in [0.25, 0.3) is 0 Å². The van der Waals surface area contributed by atoms with Gasteiger partial charge in [-0.1, -0.05) is 11.6 Å². The van der Waals surface area contributed by atoms with Gasteiger partial charge in [-0.2, -0.15) is 0 Å². The van der Waals surface area contributed by atoms with Gasteiger partial charge in [-0.05, 0) is 6.07 Å². The summed E-state index contributed by atoms with van der Waals surface area (Å²) in [4.78, 5) is 0. The molecule has 0 saturated carbocycles. The molecule has 0 aromatic carbocycles. The molecular formula is C4HClFS. The lowest BCUT2D eigenvalue weighted by Crippen LogP contribution is -1.56. The Hall–Kier alpha value is -0.0800. The van der Waals surface area contributed by atoms with E-state index >= 15 is 0 Å². The highest BCUT2D eigenvalue weighted by Crippen LogP contribution is 2.19. The largest absolute Gasteiger partial charge is 0.204 e. The molecule has 1 heterocycles. The molecule has 0 N–H and O–H groups in total. The van der Waals surface area contributed by atoms with Gasteiger partial charge in [-0.15, -0.1) is 11.3 Å². The van der Waals surface area contributed by atoms with E-state index in [4.69, 9.17) is 11.6 Å². The normalized spacial score (nSPS) is 9.43. The lowest BCUT2D eigenvalue weighted by molar-refractivity contribution is 0.633. The average molecular weight is 136 g/mol. The van der Waals surface area contributed by atoms with E-state index in [0.717, 1.165) is 11.3 Å². The van der Waals surface area contributed by atoms with E-state index in [0.29, 0.717) is 0 Å². The second-order valence-electron chi connectivity index (χ2n) is 0.986. The SMILES string of the molecule is Fc1c[c]sc1Cl. The molecule has 0 amide bonds. The van der Waals surface area contributed by atoms with Crippen LogP contribution in [0.2, 0.25) is 4.34 Å². The predicted octanol–water partition coefficient (Wildman–Crippen LogP) is 2.34. The molecule has 0 aliphatic carbocycles. The summed E-state index contributed by atoms with van der Waals surface area (Å²) in [7, 11) is 0. The van der Waals surface area contributed by atoms with Gasteiger partial charge in [0.2, 0.25) is 0 Å². The summed E-state index contributed by atoms with van der Waals surface area (Å²) in [6.07, 6.45) is 0. The fraction of sp³-hybridized carbons (Fsp3) is 0. The maximum absolute atomic E-state index is 11.9. The molecule has 1 rings (SSSR count). The smallest absolute Gasteiger partial charge is 0.153 e. The van der Waals surface area contributed by atoms with Gasteiger partial charge in [-0.3, -0.25) is 0 Å². The summed E-state index contributed by atoms with van der Waals surface area (Å²) in [6, 6.07) is 1.22. The standard InChI is InChI=1S/C4HClFS/c5-4-3(6)1-2-7-4/h1H. The molecule has 3 heteroatoms. The topological polar surface area (TPSA) is 0 Å². The molecule has 1 aromatic heterocycles. The van der Waals surface area contributed by atoms with Crippen LogP contribution >= 0.6 is 22.9 Å². The lowest BCUT2D eigenvalue weighted by atomic mass is 10.6. The minimum Gasteiger partial charge on any atom is -0.204 e. The van der Waals surface area contributed by atoms with Crippen molar-refractivity contribution in [3.63, 3.8) is 0 Å². The van der Waals surface area contributed by atoms with Crippen LogP contribution in [0.1, 0.15) is 0 Å². The molecule has 0 bridgehead atoms. The Morgan fingerprint density at radius 3 is 2.71 bits per heavy atom. The molecule has 0 atom stereocenters. The fourth-order valence-electron chi connectivity index (χ4n) is 0.238. The van der Waals surface area contributed by atoms with Crippen molar-refractivity contribution in [3.05, 3.63) is 21.6 Å². The van der Waals surface area contributed by atoms with Gasteiger partial charge in [0.05, 0.1) is 0 Å². The van der Waals surface area contributed by atoms with Gasteiger partial charge in [0.1, 0.15) is 4.34 Å². The van der Waals surface area contributed by atoms with Gasteiger partial charge < -0.3 is 0 Å². The van der Waals surface area contributed by atoms with E-state index < -0.39 is 0 Å². The molecule has 0 spiro atoms. The second kappa shape index (κ2) is 1.80. The predicted molar refractivity (Wildman–Crippen MR) is 28.1 cm³/mol. The van der Waals surface area contributed by atoms with Crippen LogP contribution < -0.4 is 0 Å². The van der Waals surface area contributed by atoms with Crippen LogP contribution in [0.4, 0.5) is 4.39 Å². The van der Waals surface area contributed by atoms with Gasteiger partial charge in [-0.25, -0.2) is 4.39 Å². The zero-order chi connectivity index (χ0) is 5.28. The zero-order valence-electron chi connectivity index (χ0n) is 3.24. The Kier molecular flexibility index (Phi) is 1.30. The first-order valence-corrected chi connectivity index (χ1v) is 2.81. The van der Waals surface area contributed by atoms with Crippen LogP contribution in [0.15, 0.2) is 6.07 Å². The molecule has 0 unspecified atom stereocenters. The maximum atomic E-state index is 11.9. The van der Waals surface area contributed by atoms with Gasteiger partial charge in [0, 0.05) is 5.38 Å². The Balaban J connectivity index is 3.12. The molecule has 0 saturated heterocycles. The number of halogens is 2. The van der Waals surface area contributed by atoms with E-state index in [1.54, 1.807) is 0 Å². The molecule has 0 aliphatic rings. The summed E-state index contributed by atoms with van der Waals surface area (Å²) in [5.41, 5.74) is 0. The minimum absolute atomic E-state index is 0.181. The maximum Gasteiger partial charge on any atom is 0.153 e. The summed E-state index contributed by atoms with van der Waals surface area (Å²) in [6.45, 7) is 0. The van der Waals surface area contributed by atoms with Gasteiger partial charge >= 0.3 is 0 Å². The molecule has 1 aromatic rings. The van der Waals surface area contributed by atoms with Crippen molar-refractivity contribution in [2.45, 2.75) is 0 Å². The quantitative estimate of drug-likeness (QED) is 0.512. The molecule has 1 radical (unpaired) electrons. The van der Waals surface area contributed by atoms with Crippen molar-refractivity contribution in [3.8, 4) is 0 Å². The number of rotatable bonds is 0. The average Bonchev–Trinajstić information content (AvgIpc) is 1.91. The Labute approximate surface area is 49.5 Å². The van der Waals surface area contributed by atoms with Crippen molar-refractivity contribution < 1.29 is 4.39 Å². The third kappa shape index (κ3) is 0.924. The van der Waals surface area contributed by atoms with Gasteiger partial charge in [0.25, 0.3) is 0 Å². The van der Waals surface area contributed by atoms with E-state index in [-0.39, 0.29) is 10.2 Å². The van der Waals surface area contributed by atoms with Crippen LogP contribution in [-0.4, -0.2) is 0 Å². The Morgan fingerprint density at radius 1 is 1.86 bits per heavy atom. The first kappa shape index (κ1) is 5.06. The summed E-state index contributed by atoms with van der Waals surface area (Å²) < 4.78 is 12.1. The lowest BCUT2D eigenvalue weighted by Gasteiger charge is -1.71. The molecule has 7 heavy (non-hydrogen) atoms.